The molecule has 1 N–H and O–H groups in total. The molecule has 1 aromatic rings. The van der Waals surface area contributed by atoms with E-state index < -0.39 is 0 Å². The Morgan fingerprint density at radius 2 is 2.00 bits per heavy atom. The molecule has 0 aliphatic carbocycles. The molecule has 0 amide bonds. The second kappa shape index (κ2) is 6.61. The number of aromatic nitrogens is 1. The van der Waals surface area contributed by atoms with Crippen molar-refractivity contribution in [2.24, 2.45) is 0 Å². The molecule has 4 nitrogen and oxygen atoms in total. The zero-order valence-corrected chi connectivity index (χ0v) is 12.2. The number of rotatable bonds is 5. The Labute approximate surface area is 113 Å². The zero-order valence-electron chi connectivity index (χ0n) is 11.4. The van der Waals surface area contributed by atoms with Crippen LogP contribution in [-0.4, -0.2) is 59.7 Å². The summed E-state index contributed by atoms with van der Waals surface area (Å²) < 4.78 is 0. The Bertz CT molecular complexity index is 351. The number of hydrogen-bond acceptors (Lipinski definition) is 5. The Morgan fingerprint density at radius 1 is 1.28 bits per heavy atom. The molecular formula is C13H23N3OS. The van der Waals surface area contributed by atoms with Gasteiger partial charge in [-0.25, -0.2) is 4.98 Å². The van der Waals surface area contributed by atoms with Crippen molar-refractivity contribution in [1.82, 2.24) is 14.8 Å². The quantitative estimate of drug-likeness (QED) is 0.865. The SMILES string of the molecule is CCc1nc(CCN2CCN(C)CC2)sc1CO. The van der Waals surface area contributed by atoms with E-state index in [4.69, 9.17) is 0 Å². The smallest absolute Gasteiger partial charge is 0.0944 e. The van der Waals surface area contributed by atoms with E-state index in [1.807, 2.05) is 0 Å². The third-order valence-corrected chi connectivity index (χ3v) is 4.68. The third kappa shape index (κ3) is 3.51. The highest BCUT2D eigenvalue weighted by atomic mass is 32.1. The van der Waals surface area contributed by atoms with Crippen molar-refractivity contribution in [3.05, 3.63) is 15.6 Å². The van der Waals surface area contributed by atoms with Gasteiger partial charge in [-0.05, 0) is 13.5 Å². The van der Waals surface area contributed by atoms with Crippen LogP contribution in [0, 0.1) is 0 Å². The van der Waals surface area contributed by atoms with Gasteiger partial charge in [-0.15, -0.1) is 11.3 Å². The predicted molar refractivity (Wildman–Crippen MR) is 75.1 cm³/mol. The predicted octanol–water partition coefficient (Wildman–Crippen LogP) is 0.988. The number of aliphatic hydroxyl groups excluding tert-OH is 1. The fourth-order valence-electron chi connectivity index (χ4n) is 2.27. The van der Waals surface area contributed by atoms with Crippen molar-refractivity contribution < 1.29 is 5.11 Å². The summed E-state index contributed by atoms with van der Waals surface area (Å²) in [5.74, 6) is 0. The van der Waals surface area contributed by atoms with Gasteiger partial charge in [0.25, 0.3) is 0 Å². The summed E-state index contributed by atoms with van der Waals surface area (Å²) in [7, 11) is 2.18. The van der Waals surface area contributed by atoms with Crippen LogP contribution < -0.4 is 0 Å². The minimum atomic E-state index is 0.134. The van der Waals surface area contributed by atoms with E-state index in [1.165, 1.54) is 18.1 Å². The molecule has 0 atom stereocenters. The minimum Gasteiger partial charge on any atom is -0.391 e. The van der Waals surface area contributed by atoms with E-state index in [0.29, 0.717) is 0 Å². The number of hydrogen-bond donors (Lipinski definition) is 1. The molecule has 18 heavy (non-hydrogen) atoms. The lowest BCUT2D eigenvalue weighted by Gasteiger charge is -2.32. The van der Waals surface area contributed by atoms with E-state index in [9.17, 15) is 5.11 Å². The van der Waals surface area contributed by atoms with Gasteiger partial charge in [-0.3, -0.25) is 0 Å². The van der Waals surface area contributed by atoms with Gasteiger partial charge in [-0.2, -0.15) is 0 Å². The van der Waals surface area contributed by atoms with Gasteiger partial charge in [-0.1, -0.05) is 6.92 Å². The maximum Gasteiger partial charge on any atom is 0.0944 e. The molecule has 1 fully saturated rings. The van der Waals surface area contributed by atoms with Crippen LogP contribution in [0.25, 0.3) is 0 Å². The fraction of sp³-hybridized carbons (Fsp3) is 0.769. The highest BCUT2D eigenvalue weighted by Gasteiger charge is 2.15. The van der Waals surface area contributed by atoms with E-state index in [-0.39, 0.29) is 6.61 Å². The highest BCUT2D eigenvalue weighted by Crippen LogP contribution is 2.20. The van der Waals surface area contributed by atoms with E-state index in [1.54, 1.807) is 11.3 Å². The molecular weight excluding hydrogens is 246 g/mol. The topological polar surface area (TPSA) is 39.6 Å². The van der Waals surface area contributed by atoms with Crippen molar-refractivity contribution >= 4 is 11.3 Å². The fourth-order valence-corrected chi connectivity index (χ4v) is 3.27. The van der Waals surface area contributed by atoms with Crippen molar-refractivity contribution in [2.75, 3.05) is 39.8 Å². The van der Waals surface area contributed by atoms with Crippen LogP contribution in [0.5, 0.6) is 0 Å². The van der Waals surface area contributed by atoms with Crippen molar-refractivity contribution in [2.45, 2.75) is 26.4 Å². The summed E-state index contributed by atoms with van der Waals surface area (Å²) in [5, 5.41) is 10.4. The van der Waals surface area contributed by atoms with E-state index >= 15 is 0 Å². The second-order valence-corrected chi connectivity index (χ2v) is 6.05. The lowest BCUT2D eigenvalue weighted by atomic mass is 10.3. The summed E-state index contributed by atoms with van der Waals surface area (Å²) in [6, 6.07) is 0. The number of aliphatic hydroxyl groups is 1. The second-order valence-electron chi connectivity index (χ2n) is 4.88. The Hall–Kier alpha value is -0.490. The molecule has 1 aliphatic heterocycles. The van der Waals surface area contributed by atoms with E-state index in [2.05, 4.69) is 28.8 Å². The Balaban J connectivity index is 1.84. The van der Waals surface area contributed by atoms with Crippen molar-refractivity contribution in [3.63, 3.8) is 0 Å². The summed E-state index contributed by atoms with van der Waals surface area (Å²) in [4.78, 5) is 10.5. The average molecular weight is 269 g/mol. The lowest BCUT2D eigenvalue weighted by Crippen LogP contribution is -2.45. The molecule has 2 heterocycles. The molecule has 0 bridgehead atoms. The van der Waals surface area contributed by atoms with Crippen LogP contribution in [0.3, 0.4) is 0 Å². The highest BCUT2D eigenvalue weighted by molar-refractivity contribution is 7.11. The molecule has 0 spiro atoms. The summed E-state index contributed by atoms with van der Waals surface area (Å²) >= 11 is 1.68. The van der Waals surface area contributed by atoms with Crippen LogP contribution in [0.4, 0.5) is 0 Å². The molecule has 1 saturated heterocycles. The van der Waals surface area contributed by atoms with Gasteiger partial charge in [0.05, 0.1) is 22.2 Å². The van der Waals surface area contributed by atoms with Gasteiger partial charge in [0.2, 0.25) is 0 Å². The Kier molecular flexibility index (Phi) is 5.12. The molecule has 2 rings (SSSR count). The first kappa shape index (κ1) is 13.9. The molecule has 0 saturated carbocycles. The van der Waals surface area contributed by atoms with Gasteiger partial charge in [0.15, 0.2) is 0 Å². The molecule has 0 aromatic carbocycles. The minimum absolute atomic E-state index is 0.134. The van der Waals surface area contributed by atoms with Crippen molar-refractivity contribution in [1.29, 1.82) is 0 Å². The standard InChI is InChI=1S/C13H23N3OS/c1-3-11-12(10-17)18-13(14-11)4-5-16-8-6-15(2)7-9-16/h17H,3-10H2,1-2H3. The zero-order chi connectivity index (χ0) is 13.0. The number of piperazine rings is 1. The molecule has 0 unspecified atom stereocenters. The van der Waals surface area contributed by atoms with Gasteiger partial charge >= 0.3 is 0 Å². The molecule has 1 aliphatic rings. The van der Waals surface area contributed by atoms with Crippen LogP contribution in [-0.2, 0) is 19.4 Å². The first-order chi connectivity index (χ1) is 8.72. The summed E-state index contributed by atoms with van der Waals surface area (Å²) in [6.07, 6.45) is 1.93. The van der Waals surface area contributed by atoms with Crippen LogP contribution in [0.2, 0.25) is 0 Å². The van der Waals surface area contributed by atoms with Crippen LogP contribution >= 0.6 is 11.3 Å². The first-order valence-electron chi connectivity index (χ1n) is 6.72. The van der Waals surface area contributed by atoms with E-state index in [0.717, 1.165) is 43.0 Å². The molecule has 5 heteroatoms. The summed E-state index contributed by atoms with van der Waals surface area (Å²) in [5.41, 5.74) is 1.08. The van der Waals surface area contributed by atoms with Gasteiger partial charge in [0.1, 0.15) is 0 Å². The molecule has 0 radical (unpaired) electrons. The number of thiazole rings is 1. The lowest BCUT2D eigenvalue weighted by molar-refractivity contribution is 0.155. The molecule has 102 valence electrons. The number of aryl methyl sites for hydroxylation is 1. The average Bonchev–Trinajstić information content (AvgIpc) is 2.80. The van der Waals surface area contributed by atoms with Gasteiger partial charge in [0, 0.05) is 39.1 Å². The molecule has 1 aromatic heterocycles. The Morgan fingerprint density at radius 3 is 2.56 bits per heavy atom. The monoisotopic (exact) mass is 269 g/mol. The first-order valence-corrected chi connectivity index (χ1v) is 7.53. The van der Waals surface area contributed by atoms with Crippen molar-refractivity contribution in [3.8, 4) is 0 Å². The number of nitrogens with zero attached hydrogens (tertiary/aromatic N) is 3. The van der Waals surface area contributed by atoms with Crippen LogP contribution in [0.15, 0.2) is 0 Å². The largest absolute Gasteiger partial charge is 0.391 e. The van der Waals surface area contributed by atoms with Gasteiger partial charge < -0.3 is 14.9 Å². The summed E-state index contributed by atoms with van der Waals surface area (Å²) in [6.45, 7) is 7.98. The van der Waals surface area contributed by atoms with Crippen LogP contribution in [0.1, 0.15) is 22.5 Å². The maximum absolute atomic E-state index is 9.26. The maximum atomic E-state index is 9.26. The number of likely N-dealkylation sites (N-methyl/N-ethyl adjacent to an activating group) is 1. The normalized spacial score (nSPS) is 18.4. The third-order valence-electron chi connectivity index (χ3n) is 3.54.